The Balaban J connectivity index is 2.28. The second-order valence-corrected chi connectivity index (χ2v) is 2.95. The standard InChI is InChI=1S/C9H8N2O2/c1-2-13-9-4-7-6(5-10-11-7)3-8(9)12-1/h3-5H,1-2H2,(H,10,11). The molecule has 13 heavy (non-hydrogen) atoms. The molecule has 66 valence electrons. The van der Waals surface area contributed by atoms with Gasteiger partial charge in [-0.1, -0.05) is 0 Å². The van der Waals surface area contributed by atoms with Crippen LogP contribution in [0.4, 0.5) is 0 Å². The summed E-state index contributed by atoms with van der Waals surface area (Å²) in [6.07, 6.45) is 1.77. The van der Waals surface area contributed by atoms with E-state index >= 15 is 0 Å². The van der Waals surface area contributed by atoms with Crippen LogP contribution in [-0.2, 0) is 0 Å². The van der Waals surface area contributed by atoms with Crippen molar-refractivity contribution in [3.63, 3.8) is 0 Å². The average Bonchev–Trinajstić information content (AvgIpc) is 2.61. The zero-order valence-electron chi connectivity index (χ0n) is 6.91. The molecule has 3 rings (SSSR count). The van der Waals surface area contributed by atoms with E-state index in [-0.39, 0.29) is 0 Å². The third-order valence-electron chi connectivity index (χ3n) is 2.10. The number of nitrogens with zero attached hydrogens (tertiary/aromatic N) is 1. The third kappa shape index (κ3) is 0.950. The smallest absolute Gasteiger partial charge is 0.163 e. The molecular weight excluding hydrogens is 168 g/mol. The van der Waals surface area contributed by atoms with Crippen LogP contribution in [0.15, 0.2) is 18.3 Å². The number of H-pyrrole nitrogens is 1. The predicted molar refractivity (Wildman–Crippen MR) is 47.1 cm³/mol. The van der Waals surface area contributed by atoms with Crippen molar-refractivity contribution in [2.45, 2.75) is 0 Å². The summed E-state index contributed by atoms with van der Waals surface area (Å²) in [5, 5.41) is 7.87. The van der Waals surface area contributed by atoms with Gasteiger partial charge in [0.25, 0.3) is 0 Å². The maximum atomic E-state index is 5.43. The molecule has 0 saturated carbocycles. The maximum absolute atomic E-state index is 5.43. The molecule has 0 amide bonds. The molecule has 1 aromatic heterocycles. The molecule has 2 aromatic rings. The summed E-state index contributed by atoms with van der Waals surface area (Å²) in [5.41, 5.74) is 0.976. The van der Waals surface area contributed by atoms with Gasteiger partial charge in [0, 0.05) is 11.5 Å². The molecule has 0 saturated heterocycles. The fourth-order valence-electron chi connectivity index (χ4n) is 1.48. The van der Waals surface area contributed by atoms with Crippen molar-refractivity contribution in [2.24, 2.45) is 0 Å². The molecule has 0 spiro atoms. The van der Waals surface area contributed by atoms with Gasteiger partial charge in [-0.2, -0.15) is 5.10 Å². The van der Waals surface area contributed by atoms with Crippen LogP contribution >= 0.6 is 0 Å². The minimum atomic E-state index is 0.618. The minimum Gasteiger partial charge on any atom is -0.486 e. The summed E-state index contributed by atoms with van der Waals surface area (Å²) in [6, 6.07) is 3.85. The van der Waals surface area contributed by atoms with Crippen LogP contribution in [-0.4, -0.2) is 23.4 Å². The number of hydrogen-bond donors (Lipinski definition) is 1. The van der Waals surface area contributed by atoms with Gasteiger partial charge >= 0.3 is 0 Å². The van der Waals surface area contributed by atoms with Crippen molar-refractivity contribution in [2.75, 3.05) is 13.2 Å². The molecule has 1 aliphatic rings. The highest BCUT2D eigenvalue weighted by Gasteiger charge is 2.12. The van der Waals surface area contributed by atoms with E-state index in [9.17, 15) is 0 Å². The predicted octanol–water partition coefficient (Wildman–Crippen LogP) is 1.33. The second kappa shape index (κ2) is 2.39. The first-order chi connectivity index (χ1) is 6.43. The maximum Gasteiger partial charge on any atom is 0.163 e. The van der Waals surface area contributed by atoms with Gasteiger partial charge in [-0.25, -0.2) is 0 Å². The van der Waals surface area contributed by atoms with Crippen LogP contribution in [0, 0.1) is 0 Å². The molecule has 4 nitrogen and oxygen atoms in total. The Hall–Kier alpha value is -1.71. The second-order valence-electron chi connectivity index (χ2n) is 2.95. The van der Waals surface area contributed by atoms with E-state index in [2.05, 4.69) is 10.2 Å². The van der Waals surface area contributed by atoms with E-state index in [4.69, 9.17) is 9.47 Å². The monoisotopic (exact) mass is 176 g/mol. The summed E-state index contributed by atoms with van der Waals surface area (Å²) in [4.78, 5) is 0. The molecule has 1 N–H and O–H groups in total. The number of benzene rings is 1. The Morgan fingerprint density at radius 2 is 1.92 bits per heavy atom. The Kier molecular flexibility index (Phi) is 1.24. The van der Waals surface area contributed by atoms with Gasteiger partial charge in [-0.3, -0.25) is 5.10 Å². The molecule has 0 unspecified atom stereocenters. The van der Waals surface area contributed by atoms with Crippen molar-refractivity contribution in [1.82, 2.24) is 10.2 Å². The number of rotatable bonds is 0. The van der Waals surface area contributed by atoms with Crippen LogP contribution in [0.1, 0.15) is 0 Å². The largest absolute Gasteiger partial charge is 0.486 e. The van der Waals surface area contributed by atoms with E-state index < -0.39 is 0 Å². The highest BCUT2D eigenvalue weighted by atomic mass is 16.6. The average molecular weight is 176 g/mol. The first-order valence-electron chi connectivity index (χ1n) is 4.16. The quantitative estimate of drug-likeness (QED) is 0.658. The summed E-state index contributed by atoms with van der Waals surface area (Å²) >= 11 is 0. The van der Waals surface area contributed by atoms with Gasteiger partial charge < -0.3 is 9.47 Å². The normalized spacial score (nSPS) is 14.8. The number of aromatic nitrogens is 2. The van der Waals surface area contributed by atoms with Crippen LogP contribution < -0.4 is 9.47 Å². The molecule has 1 aromatic carbocycles. The fraction of sp³-hybridized carbons (Fsp3) is 0.222. The Bertz CT molecular complexity index is 410. The molecule has 0 fully saturated rings. The highest BCUT2D eigenvalue weighted by molar-refractivity contribution is 5.82. The lowest BCUT2D eigenvalue weighted by Crippen LogP contribution is -2.15. The van der Waals surface area contributed by atoms with Crippen molar-refractivity contribution < 1.29 is 9.47 Å². The van der Waals surface area contributed by atoms with E-state index in [1.165, 1.54) is 0 Å². The Morgan fingerprint density at radius 3 is 2.77 bits per heavy atom. The first-order valence-corrected chi connectivity index (χ1v) is 4.16. The molecule has 0 radical (unpaired) electrons. The SMILES string of the molecule is c1n[nH]c2cc3c(cc12)OCCO3. The van der Waals surface area contributed by atoms with Gasteiger partial charge in [0.15, 0.2) is 11.5 Å². The molecule has 0 bridgehead atoms. The van der Waals surface area contributed by atoms with Gasteiger partial charge in [0.1, 0.15) is 13.2 Å². The molecule has 0 aliphatic carbocycles. The van der Waals surface area contributed by atoms with E-state index in [1.54, 1.807) is 6.20 Å². The van der Waals surface area contributed by atoms with E-state index in [1.807, 2.05) is 12.1 Å². The lowest BCUT2D eigenvalue weighted by Gasteiger charge is -2.17. The number of nitrogens with one attached hydrogen (secondary N) is 1. The Labute approximate surface area is 74.5 Å². The zero-order valence-corrected chi connectivity index (χ0v) is 6.91. The van der Waals surface area contributed by atoms with Gasteiger partial charge in [-0.05, 0) is 6.07 Å². The van der Waals surface area contributed by atoms with E-state index in [0.29, 0.717) is 13.2 Å². The third-order valence-corrected chi connectivity index (χ3v) is 2.10. The number of fused-ring (bicyclic) bond motifs is 2. The number of hydrogen-bond acceptors (Lipinski definition) is 3. The summed E-state index contributed by atoms with van der Waals surface area (Å²) in [7, 11) is 0. The topological polar surface area (TPSA) is 47.1 Å². The fourth-order valence-corrected chi connectivity index (χ4v) is 1.48. The van der Waals surface area contributed by atoms with Crippen LogP contribution in [0.25, 0.3) is 10.9 Å². The van der Waals surface area contributed by atoms with Crippen molar-refractivity contribution in [3.8, 4) is 11.5 Å². The van der Waals surface area contributed by atoms with Gasteiger partial charge in [0.2, 0.25) is 0 Å². The molecule has 4 heteroatoms. The zero-order chi connectivity index (χ0) is 8.67. The summed E-state index contributed by atoms with van der Waals surface area (Å²) in [5.74, 6) is 1.60. The van der Waals surface area contributed by atoms with Crippen LogP contribution in [0.2, 0.25) is 0 Å². The van der Waals surface area contributed by atoms with Crippen LogP contribution in [0.5, 0.6) is 11.5 Å². The van der Waals surface area contributed by atoms with Crippen molar-refractivity contribution >= 4 is 10.9 Å². The number of ether oxygens (including phenoxy) is 2. The Morgan fingerprint density at radius 1 is 1.15 bits per heavy atom. The lowest BCUT2D eigenvalue weighted by atomic mass is 10.2. The minimum absolute atomic E-state index is 0.618. The number of aromatic amines is 1. The van der Waals surface area contributed by atoms with Gasteiger partial charge in [0.05, 0.1) is 11.7 Å². The van der Waals surface area contributed by atoms with E-state index in [0.717, 1.165) is 22.4 Å². The van der Waals surface area contributed by atoms with Crippen LogP contribution in [0.3, 0.4) is 0 Å². The first kappa shape index (κ1) is 6.77. The van der Waals surface area contributed by atoms with Gasteiger partial charge in [-0.15, -0.1) is 0 Å². The summed E-state index contributed by atoms with van der Waals surface area (Å²) < 4.78 is 10.9. The van der Waals surface area contributed by atoms with Crippen molar-refractivity contribution in [3.05, 3.63) is 18.3 Å². The molecular formula is C9H8N2O2. The molecule has 1 aliphatic heterocycles. The molecule has 0 atom stereocenters. The molecule has 2 heterocycles. The highest BCUT2D eigenvalue weighted by Crippen LogP contribution is 2.33. The van der Waals surface area contributed by atoms with Crippen molar-refractivity contribution in [1.29, 1.82) is 0 Å². The summed E-state index contributed by atoms with van der Waals surface area (Å²) in [6.45, 7) is 1.24. The lowest BCUT2D eigenvalue weighted by molar-refractivity contribution is 0.172.